The highest BCUT2D eigenvalue weighted by Gasteiger charge is 2.25. The van der Waals surface area contributed by atoms with E-state index in [4.69, 9.17) is 5.11 Å². The summed E-state index contributed by atoms with van der Waals surface area (Å²) in [7, 11) is 0. The third-order valence-electron chi connectivity index (χ3n) is 3.45. The van der Waals surface area contributed by atoms with Crippen molar-refractivity contribution in [1.29, 1.82) is 0 Å². The Morgan fingerprint density at radius 2 is 1.91 bits per heavy atom. The number of hydrogen-bond donors (Lipinski definition) is 2. The number of aliphatic carboxylic acids is 1. The van der Waals surface area contributed by atoms with Crippen LogP contribution in [0.1, 0.15) is 37.2 Å². The molecule has 2 N–H and O–H groups in total. The minimum Gasteiger partial charge on any atom is -0.480 e. The van der Waals surface area contributed by atoms with Crippen molar-refractivity contribution in [3.63, 3.8) is 0 Å². The molecule has 0 aromatic carbocycles. The maximum absolute atomic E-state index is 12.3. The standard InChI is InChI=1S/C15H23F2N3O3/c1-8(2)7-20-10(4)11(9(3)19-20)5-14(21)18-12(15(22)23)6-13(16)17/h8,12-13H,5-7H2,1-4H3,(H,18,21)(H,22,23). The quantitative estimate of drug-likeness (QED) is 0.762. The van der Waals surface area contributed by atoms with E-state index in [1.165, 1.54) is 0 Å². The Hall–Kier alpha value is -1.99. The van der Waals surface area contributed by atoms with Crippen molar-refractivity contribution < 1.29 is 23.5 Å². The molecule has 0 fully saturated rings. The van der Waals surface area contributed by atoms with Gasteiger partial charge in [-0.2, -0.15) is 5.10 Å². The van der Waals surface area contributed by atoms with Crippen LogP contribution in [0.2, 0.25) is 0 Å². The first kappa shape index (κ1) is 19.1. The van der Waals surface area contributed by atoms with Gasteiger partial charge in [-0.05, 0) is 19.8 Å². The van der Waals surface area contributed by atoms with Crippen molar-refractivity contribution in [3.05, 3.63) is 17.0 Å². The summed E-state index contributed by atoms with van der Waals surface area (Å²) in [6.07, 6.45) is -3.79. The molecule has 1 unspecified atom stereocenters. The Bertz CT molecular complexity index is 571. The summed E-state index contributed by atoms with van der Waals surface area (Å²) >= 11 is 0. The van der Waals surface area contributed by atoms with Crippen LogP contribution < -0.4 is 5.32 Å². The molecule has 0 saturated heterocycles. The van der Waals surface area contributed by atoms with Gasteiger partial charge in [0, 0.05) is 24.2 Å². The molecule has 1 rings (SSSR count). The van der Waals surface area contributed by atoms with Gasteiger partial charge in [0.05, 0.1) is 12.1 Å². The number of carbonyl (C=O) groups is 2. The van der Waals surface area contributed by atoms with E-state index in [0.717, 1.165) is 5.69 Å². The van der Waals surface area contributed by atoms with E-state index in [9.17, 15) is 18.4 Å². The van der Waals surface area contributed by atoms with E-state index in [1.54, 1.807) is 11.6 Å². The summed E-state index contributed by atoms with van der Waals surface area (Å²) in [5, 5.41) is 15.4. The van der Waals surface area contributed by atoms with Gasteiger partial charge in [0.15, 0.2) is 0 Å². The number of nitrogens with one attached hydrogen (secondary N) is 1. The summed E-state index contributed by atoms with van der Waals surface area (Å²) in [5.74, 6) is -1.69. The average Bonchev–Trinajstić information content (AvgIpc) is 2.64. The first-order valence-corrected chi connectivity index (χ1v) is 7.45. The number of alkyl halides is 2. The predicted octanol–water partition coefficient (Wildman–Crippen LogP) is 1.92. The molecule has 1 aromatic rings. The predicted molar refractivity (Wildman–Crippen MR) is 80.4 cm³/mol. The molecule has 0 aliphatic rings. The lowest BCUT2D eigenvalue weighted by atomic mass is 10.1. The fraction of sp³-hybridized carbons (Fsp3) is 0.667. The molecule has 0 aliphatic carbocycles. The van der Waals surface area contributed by atoms with Gasteiger partial charge >= 0.3 is 5.97 Å². The van der Waals surface area contributed by atoms with Crippen molar-refractivity contribution in [2.24, 2.45) is 5.92 Å². The largest absolute Gasteiger partial charge is 0.480 e. The fourth-order valence-electron chi connectivity index (χ4n) is 2.32. The van der Waals surface area contributed by atoms with E-state index < -0.39 is 30.8 Å². The summed E-state index contributed by atoms with van der Waals surface area (Å²) < 4.78 is 26.5. The van der Waals surface area contributed by atoms with Gasteiger partial charge in [-0.15, -0.1) is 0 Å². The van der Waals surface area contributed by atoms with Crippen LogP contribution in [0.4, 0.5) is 8.78 Å². The average molecular weight is 331 g/mol. The van der Waals surface area contributed by atoms with Gasteiger partial charge in [0.1, 0.15) is 6.04 Å². The molecule has 6 nitrogen and oxygen atoms in total. The lowest BCUT2D eigenvalue weighted by Crippen LogP contribution is -2.42. The van der Waals surface area contributed by atoms with E-state index in [-0.39, 0.29) is 6.42 Å². The van der Waals surface area contributed by atoms with Crippen LogP contribution in [0.25, 0.3) is 0 Å². The van der Waals surface area contributed by atoms with E-state index in [2.05, 4.69) is 10.4 Å². The van der Waals surface area contributed by atoms with Crippen LogP contribution in [-0.2, 0) is 22.6 Å². The lowest BCUT2D eigenvalue weighted by molar-refractivity contribution is -0.142. The number of carboxylic acid groups (broad SMARTS) is 1. The normalized spacial score (nSPS) is 12.7. The molecule has 1 aromatic heterocycles. The third-order valence-corrected chi connectivity index (χ3v) is 3.45. The second-order valence-corrected chi connectivity index (χ2v) is 5.99. The molecule has 0 radical (unpaired) electrons. The maximum atomic E-state index is 12.3. The van der Waals surface area contributed by atoms with Crippen molar-refractivity contribution in [1.82, 2.24) is 15.1 Å². The molecule has 0 bridgehead atoms. The van der Waals surface area contributed by atoms with Gasteiger partial charge < -0.3 is 10.4 Å². The molecule has 23 heavy (non-hydrogen) atoms. The zero-order valence-electron chi connectivity index (χ0n) is 13.8. The Morgan fingerprint density at radius 1 is 1.30 bits per heavy atom. The van der Waals surface area contributed by atoms with Crippen molar-refractivity contribution in [2.45, 2.75) is 59.5 Å². The van der Waals surface area contributed by atoms with Crippen molar-refractivity contribution >= 4 is 11.9 Å². The number of rotatable bonds is 8. The molecular formula is C15H23F2N3O3. The van der Waals surface area contributed by atoms with Gasteiger partial charge in [0.25, 0.3) is 0 Å². The minimum absolute atomic E-state index is 0.0806. The minimum atomic E-state index is -2.80. The molecule has 0 aliphatic heterocycles. The highest BCUT2D eigenvalue weighted by Crippen LogP contribution is 2.15. The fourth-order valence-corrected chi connectivity index (χ4v) is 2.32. The van der Waals surface area contributed by atoms with E-state index in [0.29, 0.717) is 23.7 Å². The lowest BCUT2D eigenvalue weighted by Gasteiger charge is -2.14. The molecule has 0 saturated carbocycles. The van der Waals surface area contributed by atoms with E-state index in [1.807, 2.05) is 20.8 Å². The summed E-state index contributed by atoms with van der Waals surface area (Å²) in [4.78, 5) is 22.9. The zero-order chi connectivity index (χ0) is 17.7. The number of hydrogen-bond acceptors (Lipinski definition) is 3. The third kappa shape index (κ3) is 5.61. The zero-order valence-corrected chi connectivity index (χ0v) is 13.8. The Morgan fingerprint density at radius 3 is 2.39 bits per heavy atom. The second kappa shape index (κ2) is 8.03. The molecule has 130 valence electrons. The smallest absolute Gasteiger partial charge is 0.326 e. The Balaban J connectivity index is 2.81. The molecule has 1 atom stereocenters. The van der Waals surface area contributed by atoms with Crippen molar-refractivity contribution in [3.8, 4) is 0 Å². The van der Waals surface area contributed by atoms with Gasteiger partial charge in [-0.3, -0.25) is 9.48 Å². The number of aryl methyl sites for hydroxylation is 1. The van der Waals surface area contributed by atoms with Crippen LogP contribution >= 0.6 is 0 Å². The molecule has 1 amide bonds. The topological polar surface area (TPSA) is 84.2 Å². The highest BCUT2D eigenvalue weighted by molar-refractivity contribution is 5.85. The van der Waals surface area contributed by atoms with Crippen LogP contribution in [0.3, 0.4) is 0 Å². The van der Waals surface area contributed by atoms with Crippen molar-refractivity contribution in [2.75, 3.05) is 0 Å². The first-order chi connectivity index (χ1) is 10.6. The monoisotopic (exact) mass is 331 g/mol. The Labute approximate surface area is 133 Å². The molecular weight excluding hydrogens is 308 g/mol. The number of amides is 1. The van der Waals surface area contributed by atoms with Crippen LogP contribution in [0.5, 0.6) is 0 Å². The molecule has 0 spiro atoms. The van der Waals surface area contributed by atoms with Gasteiger partial charge in [0.2, 0.25) is 12.3 Å². The highest BCUT2D eigenvalue weighted by atomic mass is 19.3. The Kier molecular flexibility index (Phi) is 6.65. The van der Waals surface area contributed by atoms with Crippen LogP contribution in [0.15, 0.2) is 0 Å². The molecule has 1 heterocycles. The second-order valence-electron chi connectivity index (χ2n) is 5.99. The van der Waals surface area contributed by atoms with Gasteiger partial charge in [-0.25, -0.2) is 13.6 Å². The maximum Gasteiger partial charge on any atom is 0.326 e. The summed E-state index contributed by atoms with van der Waals surface area (Å²) in [6.45, 7) is 8.39. The van der Waals surface area contributed by atoms with Crippen LogP contribution in [-0.4, -0.2) is 39.2 Å². The summed E-state index contributed by atoms with van der Waals surface area (Å²) in [6, 6.07) is -1.59. The number of carboxylic acids is 1. The summed E-state index contributed by atoms with van der Waals surface area (Å²) in [5.41, 5.74) is 2.20. The van der Waals surface area contributed by atoms with Crippen LogP contribution in [0, 0.1) is 19.8 Å². The number of aromatic nitrogens is 2. The number of nitrogens with zero attached hydrogens (tertiary/aromatic N) is 2. The SMILES string of the molecule is Cc1nn(CC(C)C)c(C)c1CC(=O)NC(CC(F)F)C(=O)O. The number of carbonyl (C=O) groups excluding carboxylic acids is 1. The van der Waals surface area contributed by atoms with E-state index >= 15 is 0 Å². The molecule has 8 heteroatoms. The number of halogens is 2. The van der Waals surface area contributed by atoms with Gasteiger partial charge in [-0.1, -0.05) is 13.8 Å². The first-order valence-electron chi connectivity index (χ1n) is 7.45.